The first-order valence-corrected chi connectivity index (χ1v) is 6.23. The summed E-state index contributed by atoms with van der Waals surface area (Å²) in [6.45, 7) is 0.976. The fourth-order valence-electron chi connectivity index (χ4n) is 1.46. The molecule has 0 saturated heterocycles. The number of halogens is 1. The second kappa shape index (κ2) is 7.36. The first-order valence-electron chi connectivity index (χ1n) is 5.85. The third-order valence-electron chi connectivity index (χ3n) is 2.61. The predicted octanol–water partition coefficient (Wildman–Crippen LogP) is 1.44. The fraction of sp³-hybridized carbons (Fsp3) is 0.462. The number of nitrogens with one attached hydrogen (secondary N) is 1. The highest BCUT2D eigenvalue weighted by molar-refractivity contribution is 6.30. The smallest absolute Gasteiger partial charge is 0.223 e. The van der Waals surface area contributed by atoms with E-state index in [1.165, 1.54) is 0 Å². The second-order valence-corrected chi connectivity index (χ2v) is 4.75. The summed E-state index contributed by atoms with van der Waals surface area (Å²) >= 11 is 5.77. The number of hydrogen-bond donors (Lipinski definition) is 2. The third kappa shape index (κ3) is 5.04. The lowest BCUT2D eigenvalue weighted by atomic mass is 10.1. The van der Waals surface area contributed by atoms with E-state index in [1.54, 1.807) is 43.3 Å². The van der Waals surface area contributed by atoms with Gasteiger partial charge in [0.1, 0.15) is 0 Å². The highest BCUT2D eigenvalue weighted by Crippen LogP contribution is 2.15. The van der Waals surface area contributed by atoms with Gasteiger partial charge in [0, 0.05) is 38.6 Å². The van der Waals surface area contributed by atoms with Crippen LogP contribution in [-0.4, -0.2) is 43.1 Å². The minimum absolute atomic E-state index is 0.0727. The maximum Gasteiger partial charge on any atom is 0.223 e. The average molecular weight is 271 g/mol. The first-order chi connectivity index (χ1) is 8.50. The zero-order chi connectivity index (χ0) is 13.5. The van der Waals surface area contributed by atoms with E-state index in [2.05, 4.69) is 5.32 Å². The van der Waals surface area contributed by atoms with Crippen LogP contribution in [0.15, 0.2) is 24.3 Å². The van der Waals surface area contributed by atoms with E-state index in [1.807, 2.05) is 0 Å². The molecule has 0 aliphatic carbocycles. The van der Waals surface area contributed by atoms with Crippen LogP contribution in [0.3, 0.4) is 0 Å². The third-order valence-corrected chi connectivity index (χ3v) is 2.86. The molecule has 1 rings (SSSR count). The number of nitrogens with zero attached hydrogens (tertiary/aromatic N) is 1. The molecule has 1 unspecified atom stereocenters. The van der Waals surface area contributed by atoms with Crippen molar-refractivity contribution in [3.63, 3.8) is 0 Å². The van der Waals surface area contributed by atoms with Gasteiger partial charge in [0.2, 0.25) is 5.91 Å². The Morgan fingerprint density at radius 2 is 2.00 bits per heavy atom. The molecular weight excluding hydrogens is 252 g/mol. The highest BCUT2D eigenvalue weighted by atomic mass is 35.5. The van der Waals surface area contributed by atoms with Crippen LogP contribution in [0.2, 0.25) is 5.02 Å². The maximum atomic E-state index is 11.3. The Balaban J connectivity index is 2.27. The Bertz CT molecular complexity index is 379. The van der Waals surface area contributed by atoms with E-state index < -0.39 is 6.10 Å². The van der Waals surface area contributed by atoms with E-state index in [0.29, 0.717) is 24.5 Å². The Hall–Kier alpha value is -1.10. The van der Waals surface area contributed by atoms with Crippen molar-refractivity contribution in [2.24, 2.45) is 0 Å². The van der Waals surface area contributed by atoms with Gasteiger partial charge in [-0.2, -0.15) is 0 Å². The Morgan fingerprint density at radius 1 is 1.39 bits per heavy atom. The molecule has 0 saturated carbocycles. The second-order valence-electron chi connectivity index (χ2n) is 4.31. The Morgan fingerprint density at radius 3 is 2.56 bits per heavy atom. The average Bonchev–Trinajstić information content (AvgIpc) is 2.34. The van der Waals surface area contributed by atoms with Crippen molar-refractivity contribution in [2.45, 2.75) is 12.5 Å². The van der Waals surface area contributed by atoms with E-state index in [4.69, 9.17) is 11.6 Å². The molecule has 0 aromatic heterocycles. The molecule has 0 aliphatic rings. The number of amides is 1. The van der Waals surface area contributed by atoms with Crippen molar-refractivity contribution in [2.75, 3.05) is 27.2 Å². The van der Waals surface area contributed by atoms with Gasteiger partial charge in [0.15, 0.2) is 0 Å². The summed E-state index contributed by atoms with van der Waals surface area (Å²) in [5.74, 6) is 0.0727. The minimum Gasteiger partial charge on any atom is -0.387 e. The van der Waals surface area contributed by atoms with E-state index >= 15 is 0 Å². The molecule has 1 amide bonds. The van der Waals surface area contributed by atoms with E-state index in [-0.39, 0.29) is 5.91 Å². The van der Waals surface area contributed by atoms with Crippen molar-refractivity contribution in [3.8, 4) is 0 Å². The van der Waals surface area contributed by atoms with Crippen LogP contribution in [0.1, 0.15) is 18.1 Å². The van der Waals surface area contributed by atoms with Crippen LogP contribution in [-0.2, 0) is 4.79 Å². The number of aliphatic hydroxyl groups excluding tert-OH is 1. The van der Waals surface area contributed by atoms with Crippen molar-refractivity contribution in [1.29, 1.82) is 0 Å². The van der Waals surface area contributed by atoms with Gasteiger partial charge >= 0.3 is 0 Å². The molecule has 2 N–H and O–H groups in total. The largest absolute Gasteiger partial charge is 0.387 e. The molecule has 0 radical (unpaired) electrons. The maximum absolute atomic E-state index is 11.3. The van der Waals surface area contributed by atoms with Gasteiger partial charge in [-0.1, -0.05) is 23.7 Å². The SMILES string of the molecule is CN(C)C(=O)CCNCC(O)c1ccc(Cl)cc1. The minimum atomic E-state index is -0.586. The van der Waals surface area contributed by atoms with Gasteiger partial charge in [0.25, 0.3) is 0 Å². The lowest BCUT2D eigenvalue weighted by Gasteiger charge is -2.13. The van der Waals surface area contributed by atoms with E-state index in [9.17, 15) is 9.90 Å². The lowest BCUT2D eigenvalue weighted by Crippen LogP contribution is -2.28. The highest BCUT2D eigenvalue weighted by Gasteiger charge is 2.08. The standard InChI is InChI=1S/C13H19ClN2O2/c1-16(2)13(18)7-8-15-9-12(17)10-3-5-11(14)6-4-10/h3-6,12,15,17H,7-9H2,1-2H3. The molecule has 4 nitrogen and oxygen atoms in total. The summed E-state index contributed by atoms with van der Waals surface area (Å²) in [5.41, 5.74) is 0.811. The molecule has 5 heteroatoms. The van der Waals surface area contributed by atoms with Crippen LogP contribution in [0, 0.1) is 0 Å². The summed E-state index contributed by atoms with van der Waals surface area (Å²) in [5, 5.41) is 13.6. The molecule has 18 heavy (non-hydrogen) atoms. The van der Waals surface area contributed by atoms with Crippen molar-refractivity contribution in [3.05, 3.63) is 34.9 Å². The molecule has 100 valence electrons. The van der Waals surface area contributed by atoms with Gasteiger partial charge in [-0.15, -0.1) is 0 Å². The monoisotopic (exact) mass is 270 g/mol. The Kier molecular flexibility index (Phi) is 6.12. The molecule has 1 atom stereocenters. The van der Waals surface area contributed by atoms with Crippen LogP contribution >= 0.6 is 11.6 Å². The number of aliphatic hydroxyl groups is 1. The molecule has 1 aromatic rings. The summed E-state index contributed by atoms with van der Waals surface area (Å²) in [4.78, 5) is 12.9. The topological polar surface area (TPSA) is 52.6 Å². The van der Waals surface area contributed by atoms with E-state index in [0.717, 1.165) is 5.56 Å². The van der Waals surface area contributed by atoms with Crippen LogP contribution in [0.25, 0.3) is 0 Å². The zero-order valence-electron chi connectivity index (χ0n) is 10.7. The first kappa shape index (κ1) is 15.0. The van der Waals surface area contributed by atoms with Crippen molar-refractivity contribution < 1.29 is 9.90 Å². The molecule has 0 fully saturated rings. The molecule has 1 aromatic carbocycles. The van der Waals surface area contributed by atoms with Gasteiger partial charge in [0.05, 0.1) is 6.10 Å². The number of rotatable bonds is 6. The van der Waals surface area contributed by atoms with Crippen molar-refractivity contribution >= 4 is 17.5 Å². The Labute approximate surface area is 113 Å². The number of carbonyl (C=O) groups is 1. The normalized spacial score (nSPS) is 12.2. The van der Waals surface area contributed by atoms with Gasteiger partial charge in [-0.25, -0.2) is 0 Å². The molecule has 0 heterocycles. The molecule has 0 bridgehead atoms. The zero-order valence-corrected chi connectivity index (χ0v) is 11.4. The molecular formula is C13H19ClN2O2. The molecule has 0 aliphatic heterocycles. The van der Waals surface area contributed by atoms with Crippen LogP contribution in [0.4, 0.5) is 0 Å². The summed E-state index contributed by atoms with van der Waals surface area (Å²) in [6.07, 6.45) is -0.155. The van der Waals surface area contributed by atoms with Crippen LogP contribution in [0.5, 0.6) is 0 Å². The van der Waals surface area contributed by atoms with Crippen molar-refractivity contribution in [1.82, 2.24) is 10.2 Å². The fourth-order valence-corrected chi connectivity index (χ4v) is 1.59. The van der Waals surface area contributed by atoms with Gasteiger partial charge < -0.3 is 15.3 Å². The van der Waals surface area contributed by atoms with Gasteiger partial charge in [-0.05, 0) is 17.7 Å². The predicted molar refractivity (Wildman–Crippen MR) is 72.6 cm³/mol. The van der Waals surface area contributed by atoms with Gasteiger partial charge in [-0.3, -0.25) is 4.79 Å². The number of hydrogen-bond acceptors (Lipinski definition) is 3. The van der Waals surface area contributed by atoms with Crippen LogP contribution < -0.4 is 5.32 Å². The number of benzene rings is 1. The summed E-state index contributed by atoms with van der Waals surface area (Å²) in [7, 11) is 3.45. The lowest BCUT2D eigenvalue weighted by molar-refractivity contribution is -0.128. The molecule has 0 spiro atoms. The number of carbonyl (C=O) groups excluding carboxylic acids is 1. The summed E-state index contributed by atoms with van der Waals surface area (Å²) in [6, 6.07) is 7.07. The summed E-state index contributed by atoms with van der Waals surface area (Å²) < 4.78 is 0. The quantitative estimate of drug-likeness (QED) is 0.769.